The fraction of sp³-hybridized carbons (Fsp3) is 0.500. The minimum absolute atomic E-state index is 0.180. The molecule has 0 atom stereocenters. The van der Waals surface area contributed by atoms with Gasteiger partial charge in [-0.05, 0) is 57.2 Å². The maximum atomic E-state index is 12.2. The summed E-state index contributed by atoms with van der Waals surface area (Å²) in [6.45, 7) is 6.68. The van der Waals surface area contributed by atoms with E-state index >= 15 is 0 Å². The van der Waals surface area contributed by atoms with Gasteiger partial charge in [-0.15, -0.1) is 0 Å². The largest absolute Gasteiger partial charge is 0.462 e. The van der Waals surface area contributed by atoms with Crippen molar-refractivity contribution in [3.05, 3.63) is 35.4 Å². The quantitative estimate of drug-likeness (QED) is 0.262. The van der Waals surface area contributed by atoms with Crippen LogP contribution in [0.15, 0.2) is 24.3 Å². The molecule has 0 unspecified atom stereocenters. The summed E-state index contributed by atoms with van der Waals surface area (Å²) in [5.74, 6) is 2.41. The van der Waals surface area contributed by atoms with Crippen LogP contribution in [0, 0.1) is 0 Å². The van der Waals surface area contributed by atoms with Crippen LogP contribution in [0.5, 0.6) is 0 Å². The standard InChI is InChI=1S/C20H27N3O6/c1-20(2,3)29-19(27)22-11-9-14(10-12-22)13-5-7-15(8-6-13)16(24)23(21)17(25)18(26)28-4/h5-8,14H,9-12,21H2,1-4H3. The van der Waals surface area contributed by atoms with Crippen LogP contribution in [-0.2, 0) is 19.1 Å². The Labute approximate surface area is 169 Å². The number of carbonyl (C=O) groups is 4. The molecular weight excluding hydrogens is 378 g/mol. The molecule has 1 aromatic rings. The zero-order valence-corrected chi connectivity index (χ0v) is 17.1. The summed E-state index contributed by atoms with van der Waals surface area (Å²) >= 11 is 0. The Morgan fingerprint density at radius 2 is 1.62 bits per heavy atom. The van der Waals surface area contributed by atoms with Crippen molar-refractivity contribution >= 4 is 23.9 Å². The molecule has 9 nitrogen and oxygen atoms in total. The second kappa shape index (κ2) is 9.04. The van der Waals surface area contributed by atoms with E-state index in [1.54, 1.807) is 29.2 Å². The molecule has 1 aliphatic rings. The molecule has 29 heavy (non-hydrogen) atoms. The van der Waals surface area contributed by atoms with E-state index in [1.165, 1.54) is 0 Å². The van der Waals surface area contributed by atoms with Gasteiger partial charge >= 0.3 is 18.0 Å². The van der Waals surface area contributed by atoms with Gasteiger partial charge in [0.15, 0.2) is 0 Å². The van der Waals surface area contributed by atoms with Gasteiger partial charge in [0.1, 0.15) is 5.60 Å². The molecule has 3 amide bonds. The number of esters is 1. The van der Waals surface area contributed by atoms with Crippen LogP contribution in [0.1, 0.15) is 55.5 Å². The molecule has 9 heteroatoms. The molecular formula is C20H27N3O6. The summed E-state index contributed by atoms with van der Waals surface area (Å²) in [4.78, 5) is 49.0. The number of likely N-dealkylation sites (tertiary alicyclic amines) is 1. The van der Waals surface area contributed by atoms with Gasteiger partial charge in [0.2, 0.25) is 0 Å². The van der Waals surface area contributed by atoms with Crippen molar-refractivity contribution in [2.45, 2.75) is 45.1 Å². The van der Waals surface area contributed by atoms with Crippen LogP contribution in [0.2, 0.25) is 0 Å². The smallest absolute Gasteiger partial charge is 0.410 e. The van der Waals surface area contributed by atoms with Crippen LogP contribution >= 0.6 is 0 Å². The van der Waals surface area contributed by atoms with Crippen molar-refractivity contribution in [1.29, 1.82) is 0 Å². The third-order valence-electron chi connectivity index (χ3n) is 4.57. The summed E-state index contributed by atoms with van der Waals surface area (Å²) in [7, 11) is 1.03. The second-order valence-corrected chi connectivity index (χ2v) is 7.84. The Hall–Kier alpha value is -2.94. The number of hydrogen-bond acceptors (Lipinski definition) is 7. The van der Waals surface area contributed by atoms with Gasteiger partial charge in [-0.3, -0.25) is 9.59 Å². The van der Waals surface area contributed by atoms with Crippen molar-refractivity contribution < 1.29 is 28.7 Å². The van der Waals surface area contributed by atoms with E-state index < -0.39 is 23.4 Å². The number of piperidine rings is 1. The third kappa shape index (κ3) is 5.77. The monoisotopic (exact) mass is 405 g/mol. The second-order valence-electron chi connectivity index (χ2n) is 7.84. The Morgan fingerprint density at radius 1 is 1.07 bits per heavy atom. The van der Waals surface area contributed by atoms with E-state index in [-0.39, 0.29) is 22.6 Å². The minimum Gasteiger partial charge on any atom is -0.462 e. The molecule has 2 rings (SSSR count). The lowest BCUT2D eigenvalue weighted by Gasteiger charge is -2.33. The Kier molecular flexibility index (Phi) is 6.97. The molecule has 158 valence electrons. The highest BCUT2D eigenvalue weighted by Crippen LogP contribution is 2.29. The summed E-state index contributed by atoms with van der Waals surface area (Å²) in [6.07, 6.45) is 1.24. The highest BCUT2D eigenvalue weighted by Gasteiger charge is 2.29. The maximum absolute atomic E-state index is 12.2. The topological polar surface area (TPSA) is 119 Å². The molecule has 2 N–H and O–H groups in total. The van der Waals surface area contributed by atoms with Crippen LogP contribution in [-0.4, -0.2) is 59.6 Å². The molecule has 1 aliphatic heterocycles. The van der Waals surface area contributed by atoms with Crippen molar-refractivity contribution in [3.63, 3.8) is 0 Å². The van der Waals surface area contributed by atoms with E-state index in [0.29, 0.717) is 13.1 Å². The molecule has 0 radical (unpaired) electrons. The minimum atomic E-state index is -1.24. The zero-order chi connectivity index (χ0) is 21.8. The number of nitrogens with zero attached hydrogens (tertiary/aromatic N) is 2. The fourth-order valence-corrected chi connectivity index (χ4v) is 3.04. The number of imide groups is 1. The molecule has 0 bridgehead atoms. The van der Waals surface area contributed by atoms with Gasteiger partial charge in [0, 0.05) is 18.7 Å². The van der Waals surface area contributed by atoms with Gasteiger partial charge in [-0.25, -0.2) is 20.4 Å². The molecule has 0 saturated carbocycles. The number of carbonyl (C=O) groups excluding carboxylic acids is 4. The third-order valence-corrected chi connectivity index (χ3v) is 4.57. The van der Waals surface area contributed by atoms with Crippen LogP contribution in [0.25, 0.3) is 0 Å². The molecule has 0 spiro atoms. The highest BCUT2D eigenvalue weighted by atomic mass is 16.6. The van der Waals surface area contributed by atoms with Crippen molar-refractivity contribution in [1.82, 2.24) is 9.91 Å². The maximum Gasteiger partial charge on any atom is 0.410 e. The van der Waals surface area contributed by atoms with Crippen LogP contribution in [0.3, 0.4) is 0 Å². The van der Waals surface area contributed by atoms with Crippen molar-refractivity contribution in [3.8, 4) is 0 Å². The molecule has 1 aromatic carbocycles. The Morgan fingerprint density at radius 3 is 2.10 bits per heavy atom. The predicted molar refractivity (Wildman–Crippen MR) is 104 cm³/mol. The van der Waals surface area contributed by atoms with Crippen LogP contribution < -0.4 is 5.84 Å². The van der Waals surface area contributed by atoms with E-state index in [0.717, 1.165) is 25.5 Å². The summed E-state index contributed by atoms with van der Waals surface area (Å²) in [5, 5.41) is 0.236. The SMILES string of the molecule is COC(=O)C(=O)N(N)C(=O)c1ccc(C2CCN(C(=O)OC(C)(C)C)CC2)cc1. The first-order valence-electron chi connectivity index (χ1n) is 9.33. The van der Waals surface area contributed by atoms with Gasteiger partial charge in [-0.2, -0.15) is 0 Å². The van der Waals surface area contributed by atoms with Crippen molar-refractivity contribution in [2.24, 2.45) is 5.84 Å². The highest BCUT2D eigenvalue weighted by molar-refractivity contribution is 6.35. The molecule has 1 saturated heterocycles. The Bertz CT molecular complexity index is 776. The lowest BCUT2D eigenvalue weighted by atomic mass is 9.89. The molecule has 1 heterocycles. The fourth-order valence-electron chi connectivity index (χ4n) is 3.04. The first-order chi connectivity index (χ1) is 13.5. The van der Waals surface area contributed by atoms with Gasteiger partial charge in [0.05, 0.1) is 7.11 Å². The molecule has 0 aromatic heterocycles. The number of amides is 3. The Balaban J connectivity index is 1.96. The lowest BCUT2D eigenvalue weighted by Crippen LogP contribution is -2.46. The predicted octanol–water partition coefficient (Wildman–Crippen LogP) is 1.82. The number of hydrogen-bond donors (Lipinski definition) is 1. The first kappa shape index (κ1) is 22.4. The van der Waals surface area contributed by atoms with E-state index in [4.69, 9.17) is 10.6 Å². The van der Waals surface area contributed by atoms with Crippen LogP contribution in [0.4, 0.5) is 4.79 Å². The van der Waals surface area contributed by atoms with E-state index in [1.807, 2.05) is 20.8 Å². The summed E-state index contributed by atoms with van der Waals surface area (Å²) < 4.78 is 9.67. The van der Waals surface area contributed by atoms with E-state index in [9.17, 15) is 19.2 Å². The average molecular weight is 405 g/mol. The van der Waals surface area contributed by atoms with Gasteiger partial charge in [0.25, 0.3) is 5.91 Å². The number of nitrogens with two attached hydrogens (primary N) is 1. The van der Waals surface area contributed by atoms with Gasteiger partial charge in [-0.1, -0.05) is 12.1 Å². The average Bonchev–Trinajstić information content (AvgIpc) is 2.70. The zero-order valence-electron chi connectivity index (χ0n) is 17.1. The number of rotatable bonds is 2. The molecule has 1 fully saturated rings. The number of benzene rings is 1. The van der Waals surface area contributed by atoms with Crippen molar-refractivity contribution in [2.75, 3.05) is 20.2 Å². The number of ether oxygens (including phenoxy) is 2. The normalized spacial score (nSPS) is 14.9. The number of methoxy groups -OCH3 is 1. The summed E-state index contributed by atoms with van der Waals surface area (Å²) in [5.41, 5.74) is 0.676. The lowest BCUT2D eigenvalue weighted by molar-refractivity contribution is -0.156. The molecule has 0 aliphatic carbocycles. The first-order valence-corrected chi connectivity index (χ1v) is 9.33. The summed E-state index contributed by atoms with van der Waals surface area (Å²) in [6, 6.07) is 6.69. The van der Waals surface area contributed by atoms with E-state index in [2.05, 4.69) is 4.74 Å². The number of hydrazine groups is 1. The van der Waals surface area contributed by atoms with Gasteiger partial charge < -0.3 is 14.4 Å².